The van der Waals surface area contributed by atoms with Gasteiger partial charge in [0.1, 0.15) is 5.69 Å². The lowest BCUT2D eigenvalue weighted by Gasteiger charge is -2.07. The van der Waals surface area contributed by atoms with Crippen molar-refractivity contribution in [1.29, 1.82) is 0 Å². The molecule has 110 valence electrons. The molecule has 0 amide bonds. The number of sulfonamides is 1. The van der Waals surface area contributed by atoms with Gasteiger partial charge in [-0.15, -0.1) is 0 Å². The predicted octanol–water partition coefficient (Wildman–Crippen LogP) is 1.65. The number of nitrogens with two attached hydrogens (primary N) is 1. The van der Waals surface area contributed by atoms with Crippen molar-refractivity contribution in [1.82, 2.24) is 4.72 Å². The van der Waals surface area contributed by atoms with Crippen molar-refractivity contribution < 1.29 is 13.3 Å². The number of anilines is 1. The molecule has 8 heteroatoms. The first-order valence-corrected chi connectivity index (χ1v) is 7.92. The van der Waals surface area contributed by atoms with E-state index < -0.39 is 14.9 Å². The molecule has 2 rings (SSSR count). The van der Waals surface area contributed by atoms with E-state index >= 15 is 0 Å². The number of hydrogen-bond donors (Lipinski definition) is 2. The molecule has 1 aliphatic rings. The van der Waals surface area contributed by atoms with Gasteiger partial charge in [0, 0.05) is 12.6 Å². The zero-order valence-electron chi connectivity index (χ0n) is 10.9. The predicted molar refractivity (Wildman–Crippen MR) is 74.7 cm³/mol. The van der Waals surface area contributed by atoms with Crippen LogP contribution in [0.5, 0.6) is 0 Å². The lowest BCUT2D eigenvalue weighted by atomic mass is 10.2. The monoisotopic (exact) mass is 299 g/mol. The number of benzene rings is 1. The zero-order valence-corrected chi connectivity index (χ0v) is 11.7. The van der Waals surface area contributed by atoms with Crippen LogP contribution >= 0.6 is 0 Å². The van der Waals surface area contributed by atoms with Crippen LogP contribution < -0.4 is 10.5 Å². The number of rotatable bonds is 7. The maximum absolute atomic E-state index is 12.0. The quantitative estimate of drug-likeness (QED) is 0.344. The maximum Gasteiger partial charge on any atom is 0.292 e. The SMILES string of the molecule is Nc1cc(S(=O)(=O)NCCCC2CC2)ccc1[N+](=O)[O-]. The van der Waals surface area contributed by atoms with Gasteiger partial charge in [-0.1, -0.05) is 12.8 Å². The van der Waals surface area contributed by atoms with Crippen molar-refractivity contribution in [2.45, 2.75) is 30.6 Å². The van der Waals surface area contributed by atoms with Gasteiger partial charge in [0.2, 0.25) is 10.0 Å². The molecular weight excluding hydrogens is 282 g/mol. The number of nitro benzene ring substituents is 1. The van der Waals surface area contributed by atoms with E-state index in [4.69, 9.17) is 5.73 Å². The number of nitro groups is 1. The van der Waals surface area contributed by atoms with Crippen LogP contribution in [0.15, 0.2) is 23.1 Å². The number of nitrogen functional groups attached to an aromatic ring is 1. The second-order valence-electron chi connectivity index (χ2n) is 4.96. The molecule has 1 fully saturated rings. The molecule has 3 N–H and O–H groups in total. The standard InChI is InChI=1S/C12H17N3O4S/c13-11-8-10(5-6-12(11)15(16)17)20(18,19)14-7-1-2-9-3-4-9/h5-6,8-9,14H,1-4,7,13H2. The van der Waals surface area contributed by atoms with Gasteiger partial charge in [-0.05, 0) is 30.9 Å². The Morgan fingerprint density at radius 3 is 2.65 bits per heavy atom. The van der Waals surface area contributed by atoms with Crippen LogP contribution in [-0.2, 0) is 10.0 Å². The fraction of sp³-hybridized carbons (Fsp3) is 0.500. The fourth-order valence-electron chi connectivity index (χ4n) is 1.95. The Hall–Kier alpha value is -1.67. The average molecular weight is 299 g/mol. The third kappa shape index (κ3) is 3.67. The molecule has 0 saturated heterocycles. The van der Waals surface area contributed by atoms with E-state index in [9.17, 15) is 18.5 Å². The van der Waals surface area contributed by atoms with Crippen LogP contribution in [0, 0.1) is 16.0 Å². The van der Waals surface area contributed by atoms with Gasteiger partial charge in [0.25, 0.3) is 5.69 Å². The molecule has 0 radical (unpaired) electrons. The fourth-order valence-corrected chi connectivity index (χ4v) is 3.06. The molecular formula is C12H17N3O4S. The highest BCUT2D eigenvalue weighted by Gasteiger charge is 2.21. The van der Waals surface area contributed by atoms with Crippen LogP contribution in [0.25, 0.3) is 0 Å². The van der Waals surface area contributed by atoms with Crippen LogP contribution in [-0.4, -0.2) is 19.9 Å². The van der Waals surface area contributed by atoms with E-state index in [0.717, 1.165) is 30.9 Å². The van der Waals surface area contributed by atoms with Gasteiger partial charge in [-0.2, -0.15) is 0 Å². The Bertz CT molecular complexity index is 611. The average Bonchev–Trinajstić information content (AvgIpc) is 3.18. The van der Waals surface area contributed by atoms with Gasteiger partial charge >= 0.3 is 0 Å². The molecule has 1 aromatic rings. The summed E-state index contributed by atoms with van der Waals surface area (Å²) in [6.45, 7) is 0.371. The molecule has 20 heavy (non-hydrogen) atoms. The molecule has 0 unspecified atom stereocenters. The van der Waals surface area contributed by atoms with E-state index in [2.05, 4.69) is 4.72 Å². The second-order valence-corrected chi connectivity index (χ2v) is 6.73. The van der Waals surface area contributed by atoms with Crippen molar-refractivity contribution >= 4 is 21.4 Å². The Labute approximate surface area is 117 Å². The second kappa shape index (κ2) is 5.76. The maximum atomic E-state index is 12.0. The van der Waals surface area contributed by atoms with Crippen LogP contribution in [0.1, 0.15) is 25.7 Å². The van der Waals surface area contributed by atoms with Gasteiger partial charge in [-0.25, -0.2) is 13.1 Å². The third-order valence-electron chi connectivity index (χ3n) is 3.28. The van der Waals surface area contributed by atoms with Crippen molar-refractivity contribution in [3.8, 4) is 0 Å². The van der Waals surface area contributed by atoms with Crippen molar-refractivity contribution in [3.63, 3.8) is 0 Å². The lowest BCUT2D eigenvalue weighted by molar-refractivity contribution is -0.383. The Morgan fingerprint density at radius 2 is 2.10 bits per heavy atom. The molecule has 0 aliphatic heterocycles. The van der Waals surface area contributed by atoms with Crippen molar-refractivity contribution in [2.75, 3.05) is 12.3 Å². The van der Waals surface area contributed by atoms with E-state index in [1.54, 1.807) is 0 Å². The highest BCUT2D eigenvalue weighted by molar-refractivity contribution is 7.89. The summed E-state index contributed by atoms with van der Waals surface area (Å²) in [6.07, 6.45) is 4.31. The zero-order chi connectivity index (χ0) is 14.8. The Balaban J connectivity index is 2.00. The molecule has 0 heterocycles. The molecule has 0 atom stereocenters. The first kappa shape index (κ1) is 14.7. The molecule has 1 saturated carbocycles. The van der Waals surface area contributed by atoms with Crippen molar-refractivity contribution in [2.24, 2.45) is 5.92 Å². The smallest absolute Gasteiger partial charge is 0.292 e. The number of nitrogens with one attached hydrogen (secondary N) is 1. The largest absolute Gasteiger partial charge is 0.393 e. The lowest BCUT2D eigenvalue weighted by Crippen LogP contribution is -2.25. The minimum atomic E-state index is -3.66. The van der Waals surface area contributed by atoms with E-state index in [1.165, 1.54) is 18.9 Å². The minimum Gasteiger partial charge on any atom is -0.393 e. The first-order valence-electron chi connectivity index (χ1n) is 6.44. The van der Waals surface area contributed by atoms with Crippen LogP contribution in [0.3, 0.4) is 0 Å². The van der Waals surface area contributed by atoms with Gasteiger partial charge in [-0.3, -0.25) is 10.1 Å². The first-order chi connectivity index (χ1) is 9.40. The third-order valence-corrected chi connectivity index (χ3v) is 4.74. The summed E-state index contributed by atoms with van der Waals surface area (Å²) >= 11 is 0. The van der Waals surface area contributed by atoms with Crippen LogP contribution in [0.4, 0.5) is 11.4 Å². The highest BCUT2D eigenvalue weighted by Crippen LogP contribution is 2.33. The molecule has 0 spiro atoms. The van der Waals surface area contributed by atoms with Gasteiger partial charge in [0.05, 0.1) is 9.82 Å². The summed E-state index contributed by atoms with van der Waals surface area (Å²) in [5, 5.41) is 10.6. The van der Waals surface area contributed by atoms with Crippen molar-refractivity contribution in [3.05, 3.63) is 28.3 Å². The summed E-state index contributed by atoms with van der Waals surface area (Å²) in [5.74, 6) is 0.759. The summed E-state index contributed by atoms with van der Waals surface area (Å²) in [5.41, 5.74) is 5.04. The molecule has 0 bridgehead atoms. The van der Waals surface area contributed by atoms with E-state index in [0.29, 0.717) is 6.54 Å². The van der Waals surface area contributed by atoms with Gasteiger partial charge in [0.15, 0.2) is 0 Å². The normalized spacial score (nSPS) is 15.2. The van der Waals surface area contributed by atoms with Crippen LogP contribution in [0.2, 0.25) is 0 Å². The summed E-state index contributed by atoms with van der Waals surface area (Å²) < 4.78 is 26.5. The minimum absolute atomic E-state index is 0.0491. The number of hydrogen-bond acceptors (Lipinski definition) is 5. The molecule has 1 aliphatic carbocycles. The number of nitrogens with zero attached hydrogens (tertiary/aromatic N) is 1. The Morgan fingerprint density at radius 1 is 1.40 bits per heavy atom. The van der Waals surface area contributed by atoms with Gasteiger partial charge < -0.3 is 5.73 Å². The summed E-state index contributed by atoms with van der Waals surface area (Å²) in [4.78, 5) is 9.93. The summed E-state index contributed by atoms with van der Waals surface area (Å²) in [6, 6.07) is 3.41. The van der Waals surface area contributed by atoms with E-state index in [1.807, 2.05) is 0 Å². The Kier molecular flexibility index (Phi) is 4.24. The highest BCUT2D eigenvalue weighted by atomic mass is 32.2. The topological polar surface area (TPSA) is 115 Å². The summed E-state index contributed by atoms with van der Waals surface area (Å²) in [7, 11) is -3.66. The molecule has 7 nitrogen and oxygen atoms in total. The molecule has 0 aromatic heterocycles. The van der Waals surface area contributed by atoms with E-state index in [-0.39, 0.29) is 16.3 Å². The molecule has 1 aromatic carbocycles.